The number of thiophene rings is 1. The summed E-state index contributed by atoms with van der Waals surface area (Å²) in [4.78, 5) is 2.85. The van der Waals surface area contributed by atoms with E-state index in [4.69, 9.17) is 0 Å². The van der Waals surface area contributed by atoms with Crippen LogP contribution in [0.3, 0.4) is 0 Å². The van der Waals surface area contributed by atoms with E-state index in [1.165, 1.54) is 9.75 Å². The van der Waals surface area contributed by atoms with Gasteiger partial charge in [-0.05, 0) is 30.7 Å². The summed E-state index contributed by atoms with van der Waals surface area (Å²) in [6.45, 7) is 4.04. The first-order valence-corrected chi connectivity index (χ1v) is 7.75. The summed E-state index contributed by atoms with van der Waals surface area (Å²) >= 11 is 1.89. The molecule has 0 atom stereocenters. The SMILES string of the molecule is CCc1ccc(CNCCc2nnc3ccccn23)s1. The molecule has 3 heterocycles. The molecule has 0 saturated heterocycles. The minimum absolute atomic E-state index is 0.886. The van der Waals surface area contributed by atoms with Crippen molar-refractivity contribution in [2.75, 3.05) is 6.54 Å². The van der Waals surface area contributed by atoms with E-state index in [-0.39, 0.29) is 0 Å². The van der Waals surface area contributed by atoms with Gasteiger partial charge in [0.2, 0.25) is 0 Å². The van der Waals surface area contributed by atoms with E-state index in [2.05, 4.69) is 34.6 Å². The number of rotatable bonds is 6. The van der Waals surface area contributed by atoms with Crippen molar-refractivity contribution in [3.63, 3.8) is 0 Å². The molecule has 0 amide bonds. The van der Waals surface area contributed by atoms with Crippen molar-refractivity contribution in [2.45, 2.75) is 26.3 Å². The van der Waals surface area contributed by atoms with Gasteiger partial charge in [0.1, 0.15) is 5.82 Å². The summed E-state index contributed by atoms with van der Waals surface area (Å²) in [7, 11) is 0. The summed E-state index contributed by atoms with van der Waals surface area (Å²) in [6.07, 6.45) is 4.02. The molecule has 0 aliphatic carbocycles. The number of pyridine rings is 1. The highest BCUT2D eigenvalue weighted by Gasteiger charge is 2.04. The largest absolute Gasteiger partial charge is 0.311 e. The molecule has 3 aromatic rings. The van der Waals surface area contributed by atoms with E-state index < -0.39 is 0 Å². The third-order valence-electron chi connectivity index (χ3n) is 3.27. The third-order valence-corrected chi connectivity index (χ3v) is 4.50. The van der Waals surface area contributed by atoms with E-state index in [1.54, 1.807) is 0 Å². The number of aryl methyl sites for hydroxylation is 1. The van der Waals surface area contributed by atoms with Gasteiger partial charge < -0.3 is 5.32 Å². The van der Waals surface area contributed by atoms with Gasteiger partial charge in [-0.25, -0.2) is 0 Å². The van der Waals surface area contributed by atoms with Gasteiger partial charge in [0.25, 0.3) is 0 Å². The van der Waals surface area contributed by atoms with Gasteiger partial charge in [-0.15, -0.1) is 21.5 Å². The number of hydrogen-bond donors (Lipinski definition) is 1. The van der Waals surface area contributed by atoms with Crippen LogP contribution in [0.1, 0.15) is 22.5 Å². The van der Waals surface area contributed by atoms with Crippen LogP contribution in [0.25, 0.3) is 5.65 Å². The standard InChI is InChI=1S/C15H18N4S/c1-2-12-6-7-13(20-12)11-16-9-8-15-18-17-14-5-3-4-10-19(14)15/h3-7,10,16H,2,8-9,11H2,1H3. The summed E-state index contributed by atoms with van der Waals surface area (Å²) < 4.78 is 2.04. The maximum absolute atomic E-state index is 4.23. The second-order valence-electron chi connectivity index (χ2n) is 4.69. The lowest BCUT2D eigenvalue weighted by atomic mass is 10.3. The number of hydrogen-bond acceptors (Lipinski definition) is 4. The van der Waals surface area contributed by atoms with E-state index >= 15 is 0 Å². The zero-order valence-corrected chi connectivity index (χ0v) is 12.4. The average molecular weight is 286 g/mol. The maximum atomic E-state index is 4.23. The Morgan fingerprint density at radius 2 is 2.05 bits per heavy atom. The highest BCUT2D eigenvalue weighted by Crippen LogP contribution is 2.16. The molecule has 104 valence electrons. The fraction of sp³-hybridized carbons (Fsp3) is 0.333. The lowest BCUT2D eigenvalue weighted by Gasteiger charge is -2.02. The Kier molecular flexibility index (Phi) is 4.08. The Bertz CT molecular complexity index is 686. The van der Waals surface area contributed by atoms with Crippen LogP contribution < -0.4 is 5.32 Å². The minimum Gasteiger partial charge on any atom is -0.311 e. The van der Waals surface area contributed by atoms with Crippen molar-refractivity contribution in [1.29, 1.82) is 0 Å². The van der Waals surface area contributed by atoms with Crippen molar-refractivity contribution in [2.24, 2.45) is 0 Å². The van der Waals surface area contributed by atoms with Gasteiger partial charge in [-0.2, -0.15) is 0 Å². The van der Waals surface area contributed by atoms with E-state index in [0.717, 1.165) is 37.4 Å². The molecular weight excluding hydrogens is 268 g/mol. The van der Waals surface area contributed by atoms with Crippen LogP contribution in [0.5, 0.6) is 0 Å². The molecule has 0 unspecified atom stereocenters. The van der Waals surface area contributed by atoms with Crippen molar-refractivity contribution in [3.8, 4) is 0 Å². The minimum atomic E-state index is 0.886. The van der Waals surface area contributed by atoms with Crippen molar-refractivity contribution in [1.82, 2.24) is 19.9 Å². The molecule has 0 aliphatic rings. The van der Waals surface area contributed by atoms with Crippen LogP contribution in [0.2, 0.25) is 0 Å². The predicted molar refractivity (Wildman–Crippen MR) is 82.1 cm³/mol. The van der Waals surface area contributed by atoms with Gasteiger partial charge >= 0.3 is 0 Å². The topological polar surface area (TPSA) is 42.2 Å². The van der Waals surface area contributed by atoms with Crippen LogP contribution in [0.15, 0.2) is 36.5 Å². The smallest absolute Gasteiger partial charge is 0.160 e. The average Bonchev–Trinajstić information content (AvgIpc) is 3.10. The normalized spacial score (nSPS) is 11.2. The summed E-state index contributed by atoms with van der Waals surface area (Å²) in [5.74, 6) is 1.01. The zero-order chi connectivity index (χ0) is 13.8. The van der Waals surface area contributed by atoms with Gasteiger partial charge in [0.05, 0.1) is 0 Å². The molecular formula is C15H18N4S. The van der Waals surface area contributed by atoms with Crippen LogP contribution >= 0.6 is 11.3 Å². The third kappa shape index (κ3) is 2.89. The van der Waals surface area contributed by atoms with Crippen LogP contribution in [-0.4, -0.2) is 21.1 Å². The maximum Gasteiger partial charge on any atom is 0.160 e. The van der Waals surface area contributed by atoms with E-state index in [0.29, 0.717) is 0 Å². The molecule has 0 fully saturated rings. The van der Waals surface area contributed by atoms with Crippen LogP contribution in [-0.2, 0) is 19.4 Å². The number of fused-ring (bicyclic) bond motifs is 1. The van der Waals surface area contributed by atoms with Crippen molar-refractivity contribution >= 4 is 17.0 Å². The quantitative estimate of drug-likeness (QED) is 0.708. The molecule has 0 spiro atoms. The summed E-state index contributed by atoms with van der Waals surface area (Å²) in [5.41, 5.74) is 0.911. The molecule has 0 bridgehead atoms. The fourth-order valence-corrected chi connectivity index (χ4v) is 3.11. The number of nitrogens with zero attached hydrogens (tertiary/aromatic N) is 3. The number of nitrogens with one attached hydrogen (secondary N) is 1. The van der Waals surface area contributed by atoms with Crippen LogP contribution in [0.4, 0.5) is 0 Å². The van der Waals surface area contributed by atoms with E-state index in [9.17, 15) is 0 Å². The van der Waals surface area contributed by atoms with Crippen molar-refractivity contribution in [3.05, 3.63) is 52.1 Å². The molecule has 5 heteroatoms. The zero-order valence-electron chi connectivity index (χ0n) is 11.5. The molecule has 1 N–H and O–H groups in total. The van der Waals surface area contributed by atoms with Crippen molar-refractivity contribution < 1.29 is 0 Å². The molecule has 20 heavy (non-hydrogen) atoms. The lowest BCUT2D eigenvalue weighted by Crippen LogP contribution is -2.17. The second-order valence-corrected chi connectivity index (χ2v) is 5.95. The Hall–Kier alpha value is -1.72. The molecule has 4 nitrogen and oxygen atoms in total. The van der Waals surface area contributed by atoms with Gasteiger partial charge in [0, 0.05) is 35.5 Å². The Balaban J connectivity index is 1.52. The first kappa shape index (κ1) is 13.3. The second kappa shape index (κ2) is 6.15. The predicted octanol–water partition coefficient (Wildman–Crippen LogP) is 2.69. The Morgan fingerprint density at radius 1 is 1.15 bits per heavy atom. The number of aromatic nitrogens is 3. The van der Waals surface area contributed by atoms with Gasteiger partial charge in [-0.3, -0.25) is 4.40 Å². The molecule has 3 aromatic heterocycles. The molecule has 0 radical (unpaired) electrons. The first-order valence-electron chi connectivity index (χ1n) is 6.94. The molecule has 0 aromatic carbocycles. The molecule has 0 aliphatic heterocycles. The van der Waals surface area contributed by atoms with Crippen LogP contribution in [0, 0.1) is 0 Å². The Labute approximate surface area is 122 Å². The van der Waals surface area contributed by atoms with Gasteiger partial charge in [-0.1, -0.05) is 13.0 Å². The summed E-state index contributed by atoms with van der Waals surface area (Å²) in [6, 6.07) is 10.4. The fourth-order valence-electron chi connectivity index (χ4n) is 2.18. The molecule has 3 rings (SSSR count). The summed E-state index contributed by atoms with van der Waals surface area (Å²) in [5, 5.41) is 11.9. The van der Waals surface area contributed by atoms with E-state index in [1.807, 2.05) is 40.1 Å². The first-order chi connectivity index (χ1) is 9.86. The highest BCUT2D eigenvalue weighted by atomic mass is 32.1. The van der Waals surface area contributed by atoms with Gasteiger partial charge in [0.15, 0.2) is 5.65 Å². The molecule has 0 saturated carbocycles. The monoisotopic (exact) mass is 286 g/mol. The highest BCUT2D eigenvalue weighted by molar-refractivity contribution is 7.11. The lowest BCUT2D eigenvalue weighted by molar-refractivity contribution is 0.672. The Morgan fingerprint density at radius 3 is 2.90 bits per heavy atom.